The standard InChI is InChI=1S/C48H28O/c1-2-8-29(9-3-1)34-26-35(37-21-19-33-17-16-31-11-6-12-32-20-22-42(37)46(33)45(31)32)28-36(27-34)38-24-25-44-47-40(38)14-7-15-41(47)43-23-18-30-10-4-5-13-39(30)48(43)49-44/h1-28H. The summed E-state index contributed by atoms with van der Waals surface area (Å²) in [6.07, 6.45) is 0. The van der Waals surface area contributed by atoms with E-state index in [9.17, 15) is 0 Å². The van der Waals surface area contributed by atoms with Gasteiger partial charge in [0, 0.05) is 16.3 Å². The lowest BCUT2D eigenvalue weighted by Crippen LogP contribution is -1.99. The van der Waals surface area contributed by atoms with Crippen molar-refractivity contribution in [1.29, 1.82) is 0 Å². The molecule has 0 bridgehead atoms. The van der Waals surface area contributed by atoms with Gasteiger partial charge in [-0.05, 0) is 112 Å². The number of ether oxygens (including phenoxy) is 1. The van der Waals surface area contributed by atoms with Gasteiger partial charge in [0.15, 0.2) is 0 Å². The molecular formula is C48H28O. The number of rotatable bonds is 3. The SMILES string of the molecule is c1ccc(-c2cc(-c3ccc4c5c(cccc35)-c3ccc5ccccc5c3O4)cc(-c3ccc4ccc5cccc6ccc3c4c56)c2)cc1. The van der Waals surface area contributed by atoms with E-state index in [0.29, 0.717) is 0 Å². The molecule has 1 nitrogen and oxygen atoms in total. The van der Waals surface area contributed by atoms with Crippen molar-refractivity contribution >= 4 is 53.9 Å². The van der Waals surface area contributed by atoms with E-state index in [1.807, 2.05) is 0 Å². The second kappa shape index (κ2) is 10.0. The highest BCUT2D eigenvalue weighted by molar-refractivity contribution is 6.25. The Labute approximate surface area is 283 Å². The van der Waals surface area contributed by atoms with Gasteiger partial charge in [-0.15, -0.1) is 0 Å². The van der Waals surface area contributed by atoms with Gasteiger partial charge in [0.2, 0.25) is 0 Å². The zero-order chi connectivity index (χ0) is 32.1. The van der Waals surface area contributed by atoms with Crippen LogP contribution in [0.3, 0.4) is 0 Å². The maximum Gasteiger partial charge on any atom is 0.143 e. The van der Waals surface area contributed by atoms with Crippen molar-refractivity contribution in [2.24, 2.45) is 0 Å². The molecule has 10 aromatic carbocycles. The lowest BCUT2D eigenvalue weighted by atomic mass is 9.86. The first-order valence-electron chi connectivity index (χ1n) is 16.9. The molecule has 0 spiro atoms. The number of fused-ring (bicyclic) bond motifs is 4. The fourth-order valence-electron chi connectivity index (χ4n) is 8.33. The van der Waals surface area contributed by atoms with E-state index >= 15 is 0 Å². The first-order valence-corrected chi connectivity index (χ1v) is 16.9. The van der Waals surface area contributed by atoms with Gasteiger partial charge < -0.3 is 4.74 Å². The van der Waals surface area contributed by atoms with Crippen molar-refractivity contribution in [3.05, 3.63) is 170 Å². The number of hydrogen-bond donors (Lipinski definition) is 0. The Morgan fingerprint density at radius 1 is 0.286 bits per heavy atom. The van der Waals surface area contributed by atoms with Crippen molar-refractivity contribution in [2.75, 3.05) is 0 Å². The summed E-state index contributed by atoms with van der Waals surface area (Å²) in [5.74, 6) is 1.85. The van der Waals surface area contributed by atoms with Crippen LogP contribution in [-0.4, -0.2) is 0 Å². The average molecular weight is 621 g/mol. The van der Waals surface area contributed by atoms with E-state index in [-0.39, 0.29) is 0 Å². The van der Waals surface area contributed by atoms with Gasteiger partial charge in [-0.3, -0.25) is 0 Å². The Balaban J connectivity index is 1.17. The van der Waals surface area contributed by atoms with E-state index < -0.39 is 0 Å². The molecule has 1 aliphatic heterocycles. The van der Waals surface area contributed by atoms with E-state index in [1.54, 1.807) is 0 Å². The maximum atomic E-state index is 6.74. The van der Waals surface area contributed by atoms with E-state index in [1.165, 1.54) is 82.0 Å². The number of hydrogen-bond acceptors (Lipinski definition) is 1. The van der Waals surface area contributed by atoms with E-state index in [2.05, 4.69) is 170 Å². The van der Waals surface area contributed by atoms with Gasteiger partial charge >= 0.3 is 0 Å². The lowest BCUT2D eigenvalue weighted by molar-refractivity contribution is 0.493. The van der Waals surface area contributed by atoms with E-state index in [4.69, 9.17) is 4.74 Å². The van der Waals surface area contributed by atoms with Gasteiger partial charge in [-0.25, -0.2) is 0 Å². The van der Waals surface area contributed by atoms with Crippen LogP contribution < -0.4 is 4.74 Å². The molecule has 0 aromatic heterocycles. The molecule has 0 fully saturated rings. The highest BCUT2D eigenvalue weighted by Crippen LogP contribution is 2.51. The summed E-state index contributed by atoms with van der Waals surface area (Å²) >= 11 is 0. The van der Waals surface area contributed by atoms with Gasteiger partial charge in [0.05, 0.1) is 0 Å². The molecule has 1 heterocycles. The summed E-state index contributed by atoms with van der Waals surface area (Å²) in [7, 11) is 0. The van der Waals surface area contributed by atoms with Crippen LogP contribution in [-0.2, 0) is 0 Å². The summed E-state index contributed by atoms with van der Waals surface area (Å²) in [6.45, 7) is 0. The summed E-state index contributed by atoms with van der Waals surface area (Å²) < 4.78 is 6.74. The van der Waals surface area contributed by atoms with E-state index in [0.717, 1.165) is 27.8 Å². The summed E-state index contributed by atoms with van der Waals surface area (Å²) in [5.41, 5.74) is 9.61. The molecule has 10 aromatic rings. The highest BCUT2D eigenvalue weighted by atomic mass is 16.5. The van der Waals surface area contributed by atoms with Crippen LogP contribution in [0.15, 0.2) is 170 Å². The Morgan fingerprint density at radius 3 is 1.69 bits per heavy atom. The lowest BCUT2D eigenvalue weighted by Gasteiger charge is -2.24. The Hall–Kier alpha value is -6.44. The smallest absolute Gasteiger partial charge is 0.143 e. The first kappa shape index (κ1) is 26.6. The molecule has 0 saturated carbocycles. The molecule has 0 amide bonds. The predicted octanol–water partition coefficient (Wildman–Crippen LogP) is 13.7. The zero-order valence-corrected chi connectivity index (χ0v) is 26.6. The maximum absolute atomic E-state index is 6.74. The van der Waals surface area contributed by atoms with Crippen LogP contribution in [0.2, 0.25) is 0 Å². The third-order valence-corrected chi connectivity index (χ3v) is 10.6. The van der Waals surface area contributed by atoms with Crippen LogP contribution in [0.25, 0.3) is 98.4 Å². The average Bonchev–Trinajstić information content (AvgIpc) is 3.17. The third kappa shape index (κ3) is 3.87. The van der Waals surface area contributed by atoms with Crippen molar-refractivity contribution < 1.29 is 4.74 Å². The quantitative estimate of drug-likeness (QED) is 0.179. The molecule has 11 rings (SSSR count). The van der Waals surface area contributed by atoms with Crippen LogP contribution in [0.4, 0.5) is 0 Å². The molecule has 0 radical (unpaired) electrons. The molecule has 0 atom stereocenters. The Morgan fingerprint density at radius 2 is 0.857 bits per heavy atom. The minimum Gasteiger partial charge on any atom is -0.455 e. The molecule has 0 unspecified atom stereocenters. The first-order chi connectivity index (χ1) is 24.3. The predicted molar refractivity (Wildman–Crippen MR) is 207 cm³/mol. The molecular weight excluding hydrogens is 593 g/mol. The molecule has 0 aliphatic carbocycles. The fourth-order valence-corrected chi connectivity index (χ4v) is 8.33. The molecule has 1 aliphatic rings. The second-order valence-corrected chi connectivity index (χ2v) is 13.2. The molecule has 0 N–H and O–H groups in total. The Bertz CT molecular complexity index is 2940. The van der Waals surface area contributed by atoms with Gasteiger partial charge in [-0.2, -0.15) is 0 Å². The Kier molecular flexibility index (Phi) is 5.45. The van der Waals surface area contributed by atoms with Crippen LogP contribution in [0, 0.1) is 0 Å². The van der Waals surface area contributed by atoms with Gasteiger partial charge in [0.25, 0.3) is 0 Å². The van der Waals surface area contributed by atoms with Crippen LogP contribution in [0.1, 0.15) is 0 Å². The summed E-state index contributed by atoms with van der Waals surface area (Å²) in [4.78, 5) is 0. The van der Waals surface area contributed by atoms with Crippen molar-refractivity contribution in [3.63, 3.8) is 0 Å². The normalized spacial score (nSPS) is 12.2. The van der Waals surface area contributed by atoms with Crippen LogP contribution in [0.5, 0.6) is 11.5 Å². The monoisotopic (exact) mass is 620 g/mol. The highest BCUT2D eigenvalue weighted by Gasteiger charge is 2.24. The largest absolute Gasteiger partial charge is 0.455 e. The van der Waals surface area contributed by atoms with Crippen molar-refractivity contribution in [2.45, 2.75) is 0 Å². The second-order valence-electron chi connectivity index (χ2n) is 13.2. The van der Waals surface area contributed by atoms with Gasteiger partial charge in [-0.1, -0.05) is 140 Å². The number of benzene rings is 10. The van der Waals surface area contributed by atoms with Crippen molar-refractivity contribution in [3.8, 4) is 56.0 Å². The van der Waals surface area contributed by atoms with Crippen LogP contribution >= 0.6 is 0 Å². The third-order valence-electron chi connectivity index (χ3n) is 10.6. The molecule has 226 valence electrons. The topological polar surface area (TPSA) is 9.23 Å². The van der Waals surface area contributed by atoms with Crippen molar-refractivity contribution in [1.82, 2.24) is 0 Å². The fraction of sp³-hybridized carbons (Fsp3) is 0. The zero-order valence-electron chi connectivity index (χ0n) is 26.6. The summed E-state index contributed by atoms with van der Waals surface area (Å²) in [5, 5.41) is 12.5. The summed E-state index contributed by atoms with van der Waals surface area (Å²) in [6, 6.07) is 62.1. The molecule has 0 saturated heterocycles. The minimum absolute atomic E-state index is 0.907. The van der Waals surface area contributed by atoms with Gasteiger partial charge in [0.1, 0.15) is 11.5 Å². The molecule has 1 heteroatoms. The minimum atomic E-state index is 0.907. The molecule has 49 heavy (non-hydrogen) atoms.